The summed E-state index contributed by atoms with van der Waals surface area (Å²) in [5, 5.41) is 3.33. The fourth-order valence-corrected chi connectivity index (χ4v) is 2.38. The van der Waals surface area contributed by atoms with Crippen molar-refractivity contribution in [2.24, 2.45) is 5.92 Å². The molecule has 2 unspecified atom stereocenters. The molecule has 2 rings (SSSR count). The number of pyridine rings is 1. The van der Waals surface area contributed by atoms with E-state index in [1.165, 1.54) is 0 Å². The third kappa shape index (κ3) is 3.23. The first-order valence-corrected chi connectivity index (χ1v) is 6.70. The number of rotatable bonds is 4. The van der Waals surface area contributed by atoms with Crippen molar-refractivity contribution in [2.45, 2.75) is 19.9 Å². The molecule has 19 heavy (non-hydrogen) atoms. The second kappa shape index (κ2) is 6.52. The fourth-order valence-electron chi connectivity index (χ4n) is 2.38. The summed E-state index contributed by atoms with van der Waals surface area (Å²) in [5.41, 5.74) is 0.935. The molecular weight excluding hydrogens is 242 g/mol. The lowest BCUT2D eigenvalue weighted by molar-refractivity contribution is -0.148. The van der Waals surface area contributed by atoms with E-state index in [4.69, 9.17) is 4.74 Å². The summed E-state index contributed by atoms with van der Waals surface area (Å²) in [6.45, 7) is 6.67. The number of hydrogen-bond acceptors (Lipinski definition) is 5. The fraction of sp³-hybridized carbons (Fsp3) is 0.571. The zero-order valence-electron chi connectivity index (χ0n) is 11.4. The number of anilines is 1. The van der Waals surface area contributed by atoms with Crippen LogP contribution in [0.25, 0.3) is 0 Å². The minimum absolute atomic E-state index is 0.0771. The third-order valence-electron chi connectivity index (χ3n) is 3.42. The number of carbonyl (C=O) groups is 1. The van der Waals surface area contributed by atoms with Gasteiger partial charge in [0.25, 0.3) is 0 Å². The van der Waals surface area contributed by atoms with Crippen molar-refractivity contribution in [1.29, 1.82) is 0 Å². The quantitative estimate of drug-likeness (QED) is 0.816. The Kier molecular flexibility index (Phi) is 4.74. The number of aromatic nitrogens is 1. The monoisotopic (exact) mass is 262 g/mol. The molecule has 103 valence electrons. The van der Waals surface area contributed by atoms with Gasteiger partial charge < -0.3 is 15.0 Å². The Morgan fingerprint density at radius 1 is 1.74 bits per heavy atom. The van der Waals surface area contributed by atoms with Gasteiger partial charge in [0, 0.05) is 25.8 Å². The van der Waals surface area contributed by atoms with Crippen molar-refractivity contribution >= 4 is 11.7 Å². The van der Waals surface area contributed by atoms with Crippen molar-refractivity contribution in [2.75, 3.05) is 31.1 Å². The van der Waals surface area contributed by atoms with Gasteiger partial charge in [-0.15, -0.1) is 0 Å². The van der Waals surface area contributed by atoms with Gasteiger partial charge in [-0.25, -0.2) is 0 Å². The van der Waals surface area contributed by atoms with E-state index in [9.17, 15) is 4.79 Å². The molecule has 1 aromatic rings. The topological polar surface area (TPSA) is 54.5 Å². The van der Waals surface area contributed by atoms with Crippen molar-refractivity contribution in [1.82, 2.24) is 10.3 Å². The number of nitrogens with zero attached hydrogens (tertiary/aromatic N) is 2. The Morgan fingerprint density at radius 3 is 3.26 bits per heavy atom. The van der Waals surface area contributed by atoms with Crippen molar-refractivity contribution in [3.05, 3.63) is 24.5 Å². The number of esters is 1. The Labute approximate surface area is 114 Å². The number of hydrogen-bond donors (Lipinski definition) is 1. The summed E-state index contributed by atoms with van der Waals surface area (Å²) in [7, 11) is 0. The summed E-state index contributed by atoms with van der Waals surface area (Å²) in [6.07, 6.45) is 4.69. The zero-order valence-corrected chi connectivity index (χ0v) is 11.4. The van der Waals surface area contributed by atoms with E-state index >= 15 is 0 Å². The van der Waals surface area contributed by atoms with Crippen LogP contribution in [-0.4, -0.2) is 43.2 Å². The summed E-state index contributed by atoms with van der Waals surface area (Å²) >= 11 is 0. The molecule has 5 heteroatoms. The normalized spacial score (nSPS) is 20.9. The first kappa shape index (κ1) is 13.8. The van der Waals surface area contributed by atoms with E-state index in [-0.39, 0.29) is 17.9 Å². The van der Waals surface area contributed by atoms with Crippen molar-refractivity contribution in [3.8, 4) is 0 Å². The van der Waals surface area contributed by atoms with Crippen LogP contribution in [0.2, 0.25) is 0 Å². The van der Waals surface area contributed by atoms with Crippen LogP contribution < -0.4 is 10.2 Å². The van der Waals surface area contributed by atoms with Crippen LogP contribution in [0.1, 0.15) is 13.8 Å². The predicted molar refractivity (Wildman–Crippen MR) is 72.9 cm³/mol. The largest absolute Gasteiger partial charge is 0.466 e. The minimum Gasteiger partial charge on any atom is -0.466 e. The summed E-state index contributed by atoms with van der Waals surface area (Å²) < 4.78 is 5.12. The van der Waals surface area contributed by atoms with Crippen LogP contribution >= 0.6 is 0 Å². The average molecular weight is 262 g/mol. The van der Waals surface area contributed by atoms with E-state index in [0.717, 1.165) is 25.3 Å². The molecule has 2 atom stereocenters. The molecule has 0 bridgehead atoms. The van der Waals surface area contributed by atoms with E-state index in [1.807, 2.05) is 26.0 Å². The molecule has 0 spiro atoms. The smallest absolute Gasteiger partial charge is 0.310 e. The molecule has 1 aliphatic heterocycles. The van der Waals surface area contributed by atoms with E-state index in [2.05, 4.69) is 21.4 Å². The summed E-state index contributed by atoms with van der Waals surface area (Å²) in [5.74, 6) is -0.327. The van der Waals surface area contributed by atoms with E-state index < -0.39 is 0 Å². The lowest BCUT2D eigenvalue weighted by Gasteiger charge is -2.40. The van der Waals surface area contributed by atoms with Gasteiger partial charge in [0.15, 0.2) is 0 Å². The van der Waals surface area contributed by atoms with Gasteiger partial charge in [-0.3, -0.25) is 9.78 Å². The molecule has 1 fully saturated rings. The first-order valence-electron chi connectivity index (χ1n) is 6.70. The van der Waals surface area contributed by atoms with Gasteiger partial charge in [-0.05, 0) is 26.0 Å². The Bertz CT molecular complexity index is 410. The Hall–Kier alpha value is -1.62. The summed E-state index contributed by atoms with van der Waals surface area (Å²) in [6, 6.07) is 3.94. The molecule has 0 aromatic carbocycles. The number of carbonyl (C=O) groups excluding carboxylic acids is 1. The maximum absolute atomic E-state index is 11.9. The van der Waals surface area contributed by atoms with Gasteiger partial charge in [0.05, 0.1) is 24.3 Å². The van der Waals surface area contributed by atoms with E-state index in [1.54, 1.807) is 6.20 Å². The molecule has 1 aromatic heterocycles. The molecule has 2 heterocycles. The van der Waals surface area contributed by atoms with E-state index in [0.29, 0.717) is 6.61 Å². The number of piperazine rings is 1. The molecule has 1 saturated heterocycles. The van der Waals surface area contributed by atoms with Gasteiger partial charge in [-0.2, -0.15) is 0 Å². The highest BCUT2D eigenvalue weighted by atomic mass is 16.5. The van der Waals surface area contributed by atoms with Crippen molar-refractivity contribution in [3.63, 3.8) is 0 Å². The predicted octanol–water partition coefficient (Wildman–Crippen LogP) is 0.859. The standard InChI is InChI=1S/C14H20N3O2/c1-3-19-14(18)11(2)13-10-16-7-8-17(13)12-5-4-6-15-9-12/h4-6,11,13,16H,3,7-8,10H2,1-2H3. The SMILES string of the molecule is CCOC(=O)C(C)C1CNCCN1c1[c]nccc1. The molecule has 1 N–H and O–H groups in total. The second-order valence-corrected chi connectivity index (χ2v) is 4.64. The highest BCUT2D eigenvalue weighted by Crippen LogP contribution is 2.21. The molecule has 1 aliphatic rings. The van der Waals surface area contributed by atoms with Crippen molar-refractivity contribution < 1.29 is 9.53 Å². The lowest BCUT2D eigenvalue weighted by atomic mass is 9.98. The number of nitrogens with one attached hydrogen (secondary N) is 1. The molecule has 0 saturated carbocycles. The van der Waals surface area contributed by atoms with Crippen LogP contribution in [0.5, 0.6) is 0 Å². The maximum atomic E-state index is 11.9. The van der Waals surface area contributed by atoms with Gasteiger partial charge in [-0.1, -0.05) is 0 Å². The lowest BCUT2D eigenvalue weighted by Crippen LogP contribution is -2.55. The average Bonchev–Trinajstić information content (AvgIpc) is 2.47. The maximum Gasteiger partial charge on any atom is 0.310 e. The number of ether oxygens (including phenoxy) is 1. The molecule has 0 amide bonds. The summed E-state index contributed by atoms with van der Waals surface area (Å²) in [4.78, 5) is 18.1. The second-order valence-electron chi connectivity index (χ2n) is 4.64. The van der Waals surface area contributed by atoms with Gasteiger partial charge in [0.2, 0.25) is 0 Å². The van der Waals surface area contributed by atoms with Crippen LogP contribution in [0.15, 0.2) is 18.3 Å². The highest BCUT2D eigenvalue weighted by Gasteiger charge is 2.32. The first-order chi connectivity index (χ1) is 9.24. The van der Waals surface area contributed by atoms with Crippen LogP contribution in [-0.2, 0) is 9.53 Å². The third-order valence-corrected chi connectivity index (χ3v) is 3.42. The van der Waals surface area contributed by atoms with Gasteiger partial charge >= 0.3 is 5.97 Å². The Balaban J connectivity index is 2.14. The molecule has 5 nitrogen and oxygen atoms in total. The van der Waals surface area contributed by atoms with Gasteiger partial charge in [0.1, 0.15) is 6.20 Å². The molecule has 1 radical (unpaired) electrons. The Morgan fingerprint density at radius 2 is 2.58 bits per heavy atom. The van der Waals surface area contributed by atoms with Crippen LogP contribution in [0.4, 0.5) is 5.69 Å². The van der Waals surface area contributed by atoms with Crippen LogP contribution in [0, 0.1) is 12.1 Å². The van der Waals surface area contributed by atoms with Crippen LogP contribution in [0.3, 0.4) is 0 Å². The minimum atomic E-state index is -0.179. The highest BCUT2D eigenvalue weighted by molar-refractivity contribution is 5.73. The molecular formula is C14H20N3O2. The zero-order chi connectivity index (χ0) is 13.7. The molecule has 0 aliphatic carbocycles.